The number of amides is 2. The number of thiophene rings is 1. The number of hydrogen-bond acceptors (Lipinski definition) is 6. The maximum atomic E-state index is 13.0. The number of piperidine rings is 1. The van der Waals surface area contributed by atoms with Gasteiger partial charge in [-0.2, -0.15) is 0 Å². The van der Waals surface area contributed by atoms with Crippen LogP contribution in [-0.4, -0.2) is 41.3 Å². The molecule has 0 aliphatic carbocycles. The Kier molecular flexibility index (Phi) is 7.39. The minimum absolute atomic E-state index is 0.0530. The largest absolute Gasteiger partial charge is 0.397 e. The summed E-state index contributed by atoms with van der Waals surface area (Å²) in [6.07, 6.45) is 9.30. The van der Waals surface area contributed by atoms with Gasteiger partial charge in [-0.15, -0.1) is 11.3 Å². The van der Waals surface area contributed by atoms with E-state index in [0.29, 0.717) is 23.5 Å². The molecule has 2 aromatic heterocycles. The van der Waals surface area contributed by atoms with E-state index in [1.54, 1.807) is 30.5 Å². The van der Waals surface area contributed by atoms with Crippen molar-refractivity contribution < 1.29 is 9.59 Å². The van der Waals surface area contributed by atoms with Gasteiger partial charge in [0.2, 0.25) is 5.91 Å². The first-order valence-electron chi connectivity index (χ1n) is 13.1. The average molecular weight is 540 g/mol. The Morgan fingerprint density at radius 1 is 1.18 bits per heavy atom. The van der Waals surface area contributed by atoms with Gasteiger partial charge in [0.15, 0.2) is 0 Å². The number of benzene rings is 1. The number of nitrogen functional groups attached to an aromatic ring is 1. The molecule has 2 aliphatic heterocycles. The summed E-state index contributed by atoms with van der Waals surface area (Å²) in [5.74, 6) is 0.631. The smallest absolute Gasteiger partial charge is 0.257 e. The van der Waals surface area contributed by atoms with Gasteiger partial charge < -0.3 is 20.9 Å². The van der Waals surface area contributed by atoms with Crippen LogP contribution >= 0.6 is 11.3 Å². The van der Waals surface area contributed by atoms with E-state index in [1.165, 1.54) is 0 Å². The third kappa shape index (κ3) is 5.12. The van der Waals surface area contributed by atoms with Crippen molar-refractivity contribution in [2.45, 2.75) is 26.7 Å². The zero-order valence-electron chi connectivity index (χ0n) is 22.3. The van der Waals surface area contributed by atoms with E-state index in [4.69, 9.17) is 5.73 Å². The Hall–Kier alpha value is -4.17. The molecule has 3 N–H and O–H groups in total. The maximum Gasteiger partial charge on any atom is 0.257 e. The van der Waals surface area contributed by atoms with Crippen LogP contribution in [0.25, 0.3) is 10.4 Å². The van der Waals surface area contributed by atoms with E-state index in [9.17, 15) is 9.59 Å². The standard InChI is InChI=1S/C31H33N5O2S/c1-4-7-27-24(5-2)31(20-36(27)21(3)37)13-15-35(16-14-31)29-12-10-23(19-33-29)30(38)34-26-18-22(9-11-25(26)32)28-8-6-17-39-28/h4-12,17-19H,2,13-16,20,32H2,1,3H3,(H,34,38)/b7-4-. The number of carbonyl (C=O) groups is 2. The van der Waals surface area contributed by atoms with Crippen LogP contribution in [-0.2, 0) is 4.79 Å². The highest BCUT2D eigenvalue weighted by molar-refractivity contribution is 7.13. The van der Waals surface area contributed by atoms with Gasteiger partial charge in [-0.1, -0.05) is 30.9 Å². The van der Waals surface area contributed by atoms with Crippen molar-refractivity contribution in [1.82, 2.24) is 9.88 Å². The SMILES string of the molecule is C=CC1=C(/C=C\C)N(C(C)=O)CC12CCN(c1ccc(C(=O)Nc3cc(-c4cccs4)ccc3N)cn1)CC2. The molecule has 1 fully saturated rings. The van der Waals surface area contributed by atoms with Gasteiger partial charge in [0, 0.05) is 48.7 Å². The summed E-state index contributed by atoms with van der Waals surface area (Å²) in [6.45, 7) is 9.94. The van der Waals surface area contributed by atoms with Crippen LogP contribution in [0.3, 0.4) is 0 Å². The summed E-state index contributed by atoms with van der Waals surface area (Å²) in [5.41, 5.74) is 10.7. The van der Waals surface area contributed by atoms with Crippen LogP contribution in [0.1, 0.15) is 37.0 Å². The number of rotatable bonds is 6. The van der Waals surface area contributed by atoms with Crippen molar-refractivity contribution in [2.75, 3.05) is 35.6 Å². The molecule has 0 radical (unpaired) electrons. The van der Waals surface area contributed by atoms with Crippen LogP contribution in [0.5, 0.6) is 0 Å². The minimum Gasteiger partial charge on any atom is -0.397 e. The van der Waals surface area contributed by atoms with Gasteiger partial charge >= 0.3 is 0 Å². The van der Waals surface area contributed by atoms with Crippen LogP contribution in [0.15, 0.2) is 90.1 Å². The molecule has 200 valence electrons. The molecule has 1 aromatic carbocycles. The van der Waals surface area contributed by atoms with Crippen molar-refractivity contribution in [3.63, 3.8) is 0 Å². The number of pyridine rings is 1. The Balaban J connectivity index is 1.27. The summed E-state index contributed by atoms with van der Waals surface area (Å²) in [6, 6.07) is 13.4. The lowest BCUT2D eigenvalue weighted by atomic mass is 9.73. The number of allylic oxidation sites excluding steroid dienone is 3. The fourth-order valence-electron chi connectivity index (χ4n) is 5.58. The van der Waals surface area contributed by atoms with E-state index < -0.39 is 0 Å². The molecule has 2 aliphatic rings. The first-order chi connectivity index (χ1) is 18.8. The molecule has 0 bridgehead atoms. The van der Waals surface area contributed by atoms with Gasteiger partial charge in [0.1, 0.15) is 5.82 Å². The third-order valence-corrected chi connectivity index (χ3v) is 8.59. The molecule has 39 heavy (non-hydrogen) atoms. The van der Waals surface area contributed by atoms with Crippen molar-refractivity contribution in [3.8, 4) is 10.4 Å². The Labute approximate surface area is 233 Å². The van der Waals surface area contributed by atoms with Gasteiger partial charge in [-0.25, -0.2) is 4.98 Å². The van der Waals surface area contributed by atoms with Crippen LogP contribution in [0.2, 0.25) is 0 Å². The summed E-state index contributed by atoms with van der Waals surface area (Å²) in [4.78, 5) is 35.2. The lowest BCUT2D eigenvalue weighted by Crippen LogP contribution is -2.44. The summed E-state index contributed by atoms with van der Waals surface area (Å²) in [5, 5.41) is 4.95. The molecular formula is C31H33N5O2S. The van der Waals surface area contributed by atoms with Crippen LogP contribution in [0.4, 0.5) is 17.2 Å². The van der Waals surface area contributed by atoms with E-state index in [1.807, 2.05) is 71.8 Å². The highest BCUT2D eigenvalue weighted by atomic mass is 32.1. The second kappa shape index (κ2) is 10.9. The summed E-state index contributed by atoms with van der Waals surface area (Å²) < 4.78 is 0. The van der Waals surface area contributed by atoms with Crippen molar-refractivity contribution in [3.05, 3.63) is 95.7 Å². The predicted octanol–water partition coefficient (Wildman–Crippen LogP) is 6.11. The molecule has 7 nitrogen and oxygen atoms in total. The fourth-order valence-corrected chi connectivity index (χ4v) is 6.31. The molecule has 0 unspecified atom stereocenters. The predicted molar refractivity (Wildman–Crippen MR) is 160 cm³/mol. The normalized spacial score (nSPS) is 16.8. The fraction of sp³-hybridized carbons (Fsp3) is 0.258. The molecule has 0 saturated carbocycles. The highest BCUT2D eigenvalue weighted by Gasteiger charge is 2.45. The zero-order chi connectivity index (χ0) is 27.6. The number of carbonyl (C=O) groups excluding carboxylic acids is 2. The van der Waals surface area contributed by atoms with E-state index in [-0.39, 0.29) is 17.2 Å². The van der Waals surface area contributed by atoms with E-state index >= 15 is 0 Å². The molecule has 2 amide bonds. The van der Waals surface area contributed by atoms with Crippen molar-refractivity contribution >= 4 is 40.3 Å². The van der Waals surface area contributed by atoms with Crippen molar-refractivity contribution in [1.29, 1.82) is 0 Å². The monoisotopic (exact) mass is 539 g/mol. The molecule has 3 aromatic rings. The van der Waals surface area contributed by atoms with E-state index in [0.717, 1.165) is 53.5 Å². The Bertz CT molecular complexity index is 1450. The average Bonchev–Trinajstić information content (AvgIpc) is 3.58. The van der Waals surface area contributed by atoms with Crippen LogP contribution in [0, 0.1) is 5.41 Å². The minimum atomic E-state index is -0.255. The zero-order valence-corrected chi connectivity index (χ0v) is 23.1. The molecule has 0 atom stereocenters. The summed E-state index contributed by atoms with van der Waals surface area (Å²) >= 11 is 1.64. The number of aromatic nitrogens is 1. The molecular weight excluding hydrogens is 506 g/mol. The first kappa shape index (κ1) is 26.4. The maximum absolute atomic E-state index is 13.0. The first-order valence-corrected chi connectivity index (χ1v) is 14.0. The van der Waals surface area contributed by atoms with Gasteiger partial charge in [0.05, 0.1) is 16.9 Å². The van der Waals surface area contributed by atoms with Gasteiger partial charge in [-0.05, 0) is 72.7 Å². The molecule has 8 heteroatoms. The number of nitrogens with one attached hydrogen (secondary N) is 1. The topological polar surface area (TPSA) is 91.6 Å². The third-order valence-electron chi connectivity index (χ3n) is 7.67. The van der Waals surface area contributed by atoms with E-state index in [2.05, 4.69) is 21.8 Å². The second-order valence-electron chi connectivity index (χ2n) is 10.0. The van der Waals surface area contributed by atoms with Gasteiger partial charge in [0.25, 0.3) is 5.91 Å². The molecule has 4 heterocycles. The quantitative estimate of drug-likeness (QED) is 0.369. The lowest BCUT2D eigenvalue weighted by Gasteiger charge is -2.41. The van der Waals surface area contributed by atoms with Crippen molar-refractivity contribution in [2.24, 2.45) is 5.41 Å². The number of nitrogens with zero attached hydrogens (tertiary/aromatic N) is 3. The molecule has 1 saturated heterocycles. The van der Waals surface area contributed by atoms with Gasteiger partial charge in [-0.3, -0.25) is 9.59 Å². The lowest BCUT2D eigenvalue weighted by molar-refractivity contribution is -0.127. The Morgan fingerprint density at radius 3 is 2.59 bits per heavy atom. The second-order valence-corrected chi connectivity index (χ2v) is 11.0. The highest BCUT2D eigenvalue weighted by Crippen LogP contribution is 2.48. The molecule has 1 spiro atoms. The van der Waals surface area contributed by atoms with Crippen LogP contribution < -0.4 is 16.0 Å². The number of anilines is 3. The summed E-state index contributed by atoms with van der Waals surface area (Å²) in [7, 11) is 0. The Morgan fingerprint density at radius 2 is 1.97 bits per heavy atom. The number of hydrogen-bond donors (Lipinski definition) is 2. The molecule has 5 rings (SSSR count). The number of nitrogens with two attached hydrogens (primary N) is 1.